The van der Waals surface area contributed by atoms with Crippen LogP contribution in [0.2, 0.25) is 10.0 Å². The van der Waals surface area contributed by atoms with Crippen molar-refractivity contribution in [2.24, 2.45) is 17.1 Å². The van der Waals surface area contributed by atoms with E-state index in [-0.39, 0.29) is 17.2 Å². The molecule has 0 radical (unpaired) electrons. The average Bonchev–Trinajstić information content (AvgIpc) is 2.63. The zero-order valence-electron chi connectivity index (χ0n) is 13.3. The molecule has 0 saturated heterocycles. The Bertz CT molecular complexity index is 910. The molecule has 0 aliphatic heterocycles. The van der Waals surface area contributed by atoms with Gasteiger partial charge >= 0.3 is 0 Å². The number of hydrogen-bond acceptors (Lipinski definition) is 4. The van der Waals surface area contributed by atoms with E-state index in [2.05, 4.69) is 18.2 Å². The van der Waals surface area contributed by atoms with Crippen molar-refractivity contribution in [3.63, 3.8) is 0 Å². The maximum absolute atomic E-state index is 9.90. The number of benzene rings is 1. The van der Waals surface area contributed by atoms with Crippen LogP contribution < -0.4 is 5.73 Å². The van der Waals surface area contributed by atoms with Crippen LogP contribution in [0.4, 0.5) is 0 Å². The number of nitriles is 3. The number of halogens is 2. The summed E-state index contributed by atoms with van der Waals surface area (Å²) in [4.78, 5) is 0. The molecule has 2 aliphatic carbocycles. The number of nitrogens with zero attached hydrogens (tertiary/aromatic N) is 3. The van der Waals surface area contributed by atoms with E-state index in [4.69, 9.17) is 28.9 Å². The molecule has 0 unspecified atom stereocenters. The monoisotopic (exact) mass is 368 g/mol. The lowest BCUT2D eigenvalue weighted by Gasteiger charge is -2.43. The summed E-state index contributed by atoms with van der Waals surface area (Å²) in [5.74, 6) is -0.631. The molecule has 1 aromatic rings. The Morgan fingerprint density at radius 1 is 1.12 bits per heavy atom. The first-order valence-corrected chi connectivity index (χ1v) is 8.64. The lowest BCUT2D eigenvalue weighted by atomic mass is 9.57. The van der Waals surface area contributed by atoms with E-state index >= 15 is 0 Å². The highest BCUT2D eigenvalue weighted by Gasteiger charge is 2.53. The van der Waals surface area contributed by atoms with Gasteiger partial charge < -0.3 is 5.73 Å². The molecule has 25 heavy (non-hydrogen) atoms. The largest absolute Gasteiger partial charge is 0.399 e. The molecule has 2 N–H and O–H groups in total. The Kier molecular flexibility index (Phi) is 4.49. The van der Waals surface area contributed by atoms with Gasteiger partial charge in [-0.3, -0.25) is 0 Å². The quantitative estimate of drug-likeness (QED) is 0.783. The van der Waals surface area contributed by atoms with Crippen LogP contribution in [-0.4, -0.2) is 0 Å². The molecule has 0 heterocycles. The van der Waals surface area contributed by atoms with Crippen LogP contribution in [0.1, 0.15) is 30.7 Å². The summed E-state index contributed by atoms with van der Waals surface area (Å²) < 4.78 is 0. The fourth-order valence-electron chi connectivity index (χ4n) is 3.96. The summed E-state index contributed by atoms with van der Waals surface area (Å²) in [5.41, 5.74) is 6.46. The van der Waals surface area contributed by atoms with Crippen molar-refractivity contribution >= 4 is 23.2 Å². The summed E-state index contributed by atoms with van der Waals surface area (Å²) in [6.07, 6.45) is 4.56. The van der Waals surface area contributed by atoms with E-state index in [0.29, 0.717) is 10.0 Å². The molecule has 0 amide bonds. The molecule has 1 aromatic carbocycles. The second-order valence-corrected chi connectivity index (χ2v) is 7.09. The summed E-state index contributed by atoms with van der Waals surface area (Å²) >= 11 is 12.2. The predicted molar refractivity (Wildman–Crippen MR) is 95.1 cm³/mol. The third kappa shape index (κ3) is 2.49. The Morgan fingerprint density at radius 2 is 1.84 bits per heavy atom. The molecular weight excluding hydrogens is 355 g/mol. The Morgan fingerprint density at radius 3 is 2.44 bits per heavy atom. The Hall–Kier alpha value is -2.45. The van der Waals surface area contributed by atoms with E-state index in [0.717, 1.165) is 30.4 Å². The molecule has 0 aromatic heterocycles. The SMILES string of the molecule is N#CC1=C(N)C(C#N)(C#N)[C@H](c2ccc(Cl)c(Cl)c2)[C@@H]2CCCC=C12. The van der Waals surface area contributed by atoms with Gasteiger partial charge in [-0.2, -0.15) is 15.8 Å². The molecule has 0 saturated carbocycles. The highest BCUT2D eigenvalue weighted by molar-refractivity contribution is 6.42. The predicted octanol–water partition coefficient (Wildman–Crippen LogP) is 4.59. The van der Waals surface area contributed by atoms with Gasteiger partial charge in [0.1, 0.15) is 6.07 Å². The van der Waals surface area contributed by atoms with Gasteiger partial charge in [-0.15, -0.1) is 0 Å². The van der Waals surface area contributed by atoms with Crippen molar-refractivity contribution in [2.75, 3.05) is 0 Å². The van der Waals surface area contributed by atoms with Gasteiger partial charge in [-0.1, -0.05) is 35.3 Å². The van der Waals surface area contributed by atoms with Crippen LogP contribution in [0, 0.1) is 45.3 Å². The highest BCUT2D eigenvalue weighted by Crippen LogP contribution is 2.56. The van der Waals surface area contributed by atoms with Gasteiger partial charge in [0.05, 0.1) is 33.5 Å². The topological polar surface area (TPSA) is 97.4 Å². The summed E-state index contributed by atoms with van der Waals surface area (Å²) in [7, 11) is 0. The third-order valence-corrected chi connectivity index (χ3v) is 5.84. The Labute approximate surface area is 156 Å². The zero-order chi connectivity index (χ0) is 18.2. The molecule has 0 fully saturated rings. The van der Waals surface area contributed by atoms with Crippen molar-refractivity contribution in [2.45, 2.75) is 25.2 Å². The number of fused-ring (bicyclic) bond motifs is 1. The number of rotatable bonds is 1. The van der Waals surface area contributed by atoms with E-state index in [9.17, 15) is 15.8 Å². The summed E-state index contributed by atoms with van der Waals surface area (Å²) in [5, 5.41) is 30.1. The minimum absolute atomic E-state index is 0.0282. The number of nitrogens with two attached hydrogens (primary N) is 1. The van der Waals surface area contributed by atoms with Gasteiger partial charge in [0.25, 0.3) is 0 Å². The van der Waals surface area contributed by atoms with Crippen molar-refractivity contribution in [1.29, 1.82) is 15.8 Å². The fraction of sp³-hybridized carbons (Fsp3) is 0.316. The van der Waals surface area contributed by atoms with Gasteiger partial charge in [-0.05, 0) is 48.4 Å². The van der Waals surface area contributed by atoms with Crippen LogP contribution in [0.25, 0.3) is 0 Å². The van der Waals surface area contributed by atoms with Crippen molar-refractivity contribution in [1.82, 2.24) is 0 Å². The average molecular weight is 369 g/mol. The maximum atomic E-state index is 9.90. The van der Waals surface area contributed by atoms with Crippen molar-refractivity contribution in [3.8, 4) is 18.2 Å². The van der Waals surface area contributed by atoms with E-state index in [1.807, 2.05) is 6.08 Å². The van der Waals surface area contributed by atoms with Crippen LogP contribution in [0.3, 0.4) is 0 Å². The maximum Gasteiger partial charge on any atom is 0.191 e. The van der Waals surface area contributed by atoms with E-state index < -0.39 is 11.3 Å². The second kappa shape index (κ2) is 6.45. The van der Waals surface area contributed by atoms with Gasteiger partial charge in [0.15, 0.2) is 5.41 Å². The first kappa shape index (κ1) is 17.4. The molecule has 0 bridgehead atoms. The minimum atomic E-state index is -1.61. The smallest absolute Gasteiger partial charge is 0.191 e. The normalized spacial score (nSPS) is 24.4. The standard InChI is InChI=1S/C19H14Cl2N4/c20-15-6-5-11(7-16(15)21)17-13-4-2-1-3-12(13)14(8-22)18(25)19(17,9-23)10-24/h3,5-7,13,17H,1-2,4,25H2/t13-,17-/m1/s1. The zero-order valence-corrected chi connectivity index (χ0v) is 14.8. The molecule has 4 nitrogen and oxygen atoms in total. The van der Waals surface area contributed by atoms with Crippen LogP contribution in [-0.2, 0) is 0 Å². The number of hydrogen-bond donors (Lipinski definition) is 1. The molecule has 0 spiro atoms. The minimum Gasteiger partial charge on any atom is -0.399 e. The van der Waals surface area contributed by atoms with Crippen LogP contribution >= 0.6 is 23.2 Å². The van der Waals surface area contributed by atoms with Gasteiger partial charge in [-0.25, -0.2) is 0 Å². The molecular formula is C19H14Cl2N4. The molecule has 2 aliphatic rings. The lowest BCUT2D eigenvalue weighted by Crippen LogP contribution is -2.42. The highest BCUT2D eigenvalue weighted by atomic mass is 35.5. The summed E-state index contributed by atoms with van der Waals surface area (Å²) in [6, 6.07) is 11.4. The Balaban J connectivity index is 2.33. The molecule has 6 heteroatoms. The lowest BCUT2D eigenvalue weighted by molar-refractivity contribution is 0.317. The van der Waals surface area contributed by atoms with Crippen molar-refractivity contribution in [3.05, 3.63) is 56.7 Å². The molecule has 3 rings (SSSR count). The third-order valence-electron chi connectivity index (χ3n) is 5.10. The molecule has 124 valence electrons. The molecule has 2 atom stereocenters. The second-order valence-electron chi connectivity index (χ2n) is 6.28. The number of allylic oxidation sites excluding steroid dienone is 4. The first-order valence-electron chi connectivity index (χ1n) is 7.88. The van der Waals surface area contributed by atoms with Crippen LogP contribution in [0.5, 0.6) is 0 Å². The van der Waals surface area contributed by atoms with Gasteiger partial charge in [0.2, 0.25) is 0 Å². The summed E-state index contributed by atoms with van der Waals surface area (Å²) in [6.45, 7) is 0. The van der Waals surface area contributed by atoms with Crippen molar-refractivity contribution < 1.29 is 0 Å². The van der Waals surface area contributed by atoms with Gasteiger partial charge in [0, 0.05) is 5.92 Å². The van der Waals surface area contributed by atoms with E-state index in [1.54, 1.807) is 18.2 Å². The van der Waals surface area contributed by atoms with Crippen LogP contribution in [0.15, 0.2) is 41.1 Å². The first-order chi connectivity index (χ1) is 12.0. The van der Waals surface area contributed by atoms with E-state index in [1.165, 1.54) is 0 Å². The fourth-order valence-corrected chi connectivity index (χ4v) is 4.26.